The van der Waals surface area contributed by atoms with E-state index in [4.69, 9.17) is 19.2 Å². The van der Waals surface area contributed by atoms with E-state index >= 15 is 0 Å². The number of thiophene rings is 1. The van der Waals surface area contributed by atoms with Gasteiger partial charge in [-0.25, -0.2) is 4.98 Å². The summed E-state index contributed by atoms with van der Waals surface area (Å²) in [5, 5.41) is 6.92. The first kappa shape index (κ1) is 18.3. The highest BCUT2D eigenvalue weighted by atomic mass is 32.1. The SMILES string of the molecule is COc1cc2c(cc1CN[C@@H](Cc1cccs1)c1nc(C)c(C)s1)OCO2. The number of hydrogen-bond donors (Lipinski definition) is 1. The number of benzene rings is 1. The lowest BCUT2D eigenvalue weighted by Crippen LogP contribution is -2.23. The van der Waals surface area contributed by atoms with E-state index in [1.165, 1.54) is 9.75 Å². The van der Waals surface area contributed by atoms with Gasteiger partial charge in [-0.1, -0.05) is 6.07 Å². The molecule has 0 bridgehead atoms. The van der Waals surface area contributed by atoms with Crippen molar-refractivity contribution in [2.45, 2.75) is 32.9 Å². The monoisotopic (exact) mass is 402 g/mol. The Morgan fingerprint density at radius 1 is 1.26 bits per heavy atom. The largest absolute Gasteiger partial charge is 0.496 e. The molecule has 1 aliphatic rings. The Morgan fingerprint density at radius 2 is 2.07 bits per heavy atom. The second kappa shape index (κ2) is 7.88. The molecule has 0 radical (unpaired) electrons. The third-order valence-electron chi connectivity index (χ3n) is 4.64. The highest BCUT2D eigenvalue weighted by molar-refractivity contribution is 7.11. The van der Waals surface area contributed by atoms with Gasteiger partial charge in [-0.3, -0.25) is 0 Å². The molecule has 1 N–H and O–H groups in total. The van der Waals surface area contributed by atoms with Crippen LogP contribution in [-0.4, -0.2) is 18.9 Å². The first-order chi connectivity index (χ1) is 13.1. The second-order valence-electron chi connectivity index (χ2n) is 6.43. The molecule has 0 unspecified atom stereocenters. The van der Waals surface area contributed by atoms with Crippen LogP contribution in [0.1, 0.15) is 32.1 Å². The number of fused-ring (bicyclic) bond motifs is 1. The highest BCUT2D eigenvalue weighted by Crippen LogP contribution is 2.38. The Labute approximate surface area is 166 Å². The minimum absolute atomic E-state index is 0.149. The molecule has 1 aromatic carbocycles. The normalized spacial score (nSPS) is 13.7. The molecule has 27 heavy (non-hydrogen) atoms. The number of thiazole rings is 1. The summed E-state index contributed by atoms with van der Waals surface area (Å²) in [6.07, 6.45) is 0.914. The van der Waals surface area contributed by atoms with E-state index in [1.807, 2.05) is 12.1 Å². The minimum Gasteiger partial charge on any atom is -0.496 e. The first-order valence-corrected chi connectivity index (χ1v) is 10.5. The summed E-state index contributed by atoms with van der Waals surface area (Å²) in [4.78, 5) is 7.40. The van der Waals surface area contributed by atoms with Gasteiger partial charge in [0.05, 0.1) is 18.8 Å². The van der Waals surface area contributed by atoms with Gasteiger partial charge in [0, 0.05) is 34.3 Å². The van der Waals surface area contributed by atoms with Crippen molar-refractivity contribution in [3.8, 4) is 17.2 Å². The van der Waals surface area contributed by atoms with Crippen molar-refractivity contribution in [2.24, 2.45) is 0 Å². The van der Waals surface area contributed by atoms with Gasteiger partial charge in [-0.15, -0.1) is 22.7 Å². The van der Waals surface area contributed by atoms with Gasteiger partial charge in [-0.2, -0.15) is 0 Å². The molecule has 0 aliphatic carbocycles. The van der Waals surface area contributed by atoms with Crippen LogP contribution in [0, 0.1) is 13.8 Å². The minimum atomic E-state index is 0.149. The Hall–Kier alpha value is -2.09. The summed E-state index contributed by atoms with van der Waals surface area (Å²) in [5.74, 6) is 2.30. The Balaban J connectivity index is 1.56. The predicted octanol–water partition coefficient (Wildman–Crippen LogP) is 4.63. The smallest absolute Gasteiger partial charge is 0.231 e. The van der Waals surface area contributed by atoms with Crippen molar-refractivity contribution >= 4 is 22.7 Å². The van der Waals surface area contributed by atoms with Crippen LogP contribution in [0.5, 0.6) is 17.2 Å². The van der Waals surface area contributed by atoms with Crippen LogP contribution in [0.25, 0.3) is 0 Å². The molecule has 3 heterocycles. The standard InChI is InChI=1S/C20H22N2O3S2/c1-12-13(2)27-20(22-12)16(8-15-5-4-6-26-15)21-10-14-7-18-19(25-11-24-18)9-17(14)23-3/h4-7,9,16,21H,8,10-11H2,1-3H3/t16-/m0/s1. The summed E-state index contributed by atoms with van der Waals surface area (Å²) < 4.78 is 16.5. The van der Waals surface area contributed by atoms with Crippen LogP contribution >= 0.6 is 22.7 Å². The van der Waals surface area contributed by atoms with Gasteiger partial charge in [0.25, 0.3) is 0 Å². The summed E-state index contributed by atoms with van der Waals surface area (Å²) in [5.41, 5.74) is 2.15. The fourth-order valence-electron chi connectivity index (χ4n) is 3.05. The quantitative estimate of drug-likeness (QED) is 0.624. The molecule has 3 aromatic rings. The van der Waals surface area contributed by atoms with Crippen molar-refractivity contribution in [1.82, 2.24) is 10.3 Å². The summed E-state index contributed by atoms with van der Waals surface area (Å²) >= 11 is 3.54. The van der Waals surface area contributed by atoms with Crippen LogP contribution < -0.4 is 19.5 Å². The van der Waals surface area contributed by atoms with Crippen LogP contribution in [0.3, 0.4) is 0 Å². The zero-order valence-corrected chi connectivity index (χ0v) is 17.2. The molecule has 4 rings (SSSR count). The maximum atomic E-state index is 5.55. The number of aromatic nitrogens is 1. The molecule has 142 valence electrons. The second-order valence-corrected chi connectivity index (χ2v) is 8.70. The van der Waals surface area contributed by atoms with E-state index in [1.54, 1.807) is 29.8 Å². The fourth-order valence-corrected chi connectivity index (χ4v) is 4.80. The zero-order valence-electron chi connectivity index (χ0n) is 15.6. The summed E-state index contributed by atoms with van der Waals surface area (Å²) in [6.45, 7) is 5.11. The predicted molar refractivity (Wildman–Crippen MR) is 108 cm³/mol. The molecule has 0 amide bonds. The molecule has 0 fully saturated rings. The average Bonchev–Trinajstić information content (AvgIpc) is 3.40. The lowest BCUT2D eigenvalue weighted by molar-refractivity contribution is 0.174. The van der Waals surface area contributed by atoms with Crippen molar-refractivity contribution in [1.29, 1.82) is 0 Å². The van der Waals surface area contributed by atoms with Crippen LogP contribution in [0.2, 0.25) is 0 Å². The molecule has 1 aliphatic heterocycles. The molecule has 0 saturated carbocycles. The Bertz CT molecular complexity index is 902. The van der Waals surface area contributed by atoms with Gasteiger partial charge < -0.3 is 19.5 Å². The topological polar surface area (TPSA) is 52.6 Å². The number of rotatable bonds is 7. The van der Waals surface area contributed by atoms with Gasteiger partial charge in [0.2, 0.25) is 6.79 Å². The average molecular weight is 403 g/mol. The number of nitrogens with zero attached hydrogens (tertiary/aromatic N) is 1. The molecular formula is C20H22N2O3S2. The van der Waals surface area contributed by atoms with Crippen LogP contribution in [0.15, 0.2) is 29.6 Å². The molecule has 7 heteroatoms. The number of methoxy groups -OCH3 is 1. The Morgan fingerprint density at radius 3 is 2.74 bits per heavy atom. The van der Waals surface area contributed by atoms with Crippen LogP contribution in [0.4, 0.5) is 0 Å². The molecular weight excluding hydrogens is 380 g/mol. The van der Waals surface area contributed by atoms with E-state index in [0.29, 0.717) is 6.54 Å². The third kappa shape index (κ3) is 3.95. The fraction of sp³-hybridized carbons (Fsp3) is 0.350. The molecule has 0 spiro atoms. The van der Waals surface area contributed by atoms with Gasteiger partial charge in [0.15, 0.2) is 11.5 Å². The third-order valence-corrected chi connectivity index (χ3v) is 6.73. The molecule has 1 atom stereocenters. The first-order valence-electron chi connectivity index (χ1n) is 8.80. The van der Waals surface area contributed by atoms with Crippen molar-refractivity contribution in [3.63, 3.8) is 0 Å². The lowest BCUT2D eigenvalue weighted by atomic mass is 10.1. The van der Waals surface area contributed by atoms with Crippen LogP contribution in [-0.2, 0) is 13.0 Å². The maximum Gasteiger partial charge on any atom is 0.231 e. The van der Waals surface area contributed by atoms with Gasteiger partial charge in [0.1, 0.15) is 10.8 Å². The number of aryl methyl sites for hydroxylation is 2. The van der Waals surface area contributed by atoms with Gasteiger partial charge >= 0.3 is 0 Å². The van der Waals surface area contributed by atoms with Gasteiger partial charge in [-0.05, 0) is 31.4 Å². The highest BCUT2D eigenvalue weighted by Gasteiger charge is 2.21. The maximum absolute atomic E-state index is 5.55. The van der Waals surface area contributed by atoms with Crippen molar-refractivity contribution in [3.05, 3.63) is 55.7 Å². The molecule has 5 nitrogen and oxygen atoms in total. The Kier molecular flexibility index (Phi) is 5.33. The van der Waals surface area contributed by atoms with E-state index in [2.05, 4.69) is 36.7 Å². The van der Waals surface area contributed by atoms with Crippen molar-refractivity contribution < 1.29 is 14.2 Å². The number of hydrogen-bond acceptors (Lipinski definition) is 7. The number of ether oxygens (including phenoxy) is 3. The summed E-state index contributed by atoms with van der Waals surface area (Å²) in [7, 11) is 1.68. The molecule has 0 saturated heterocycles. The van der Waals surface area contributed by atoms with E-state index in [9.17, 15) is 0 Å². The summed E-state index contributed by atoms with van der Waals surface area (Å²) in [6, 6.07) is 8.31. The zero-order chi connectivity index (χ0) is 18.8. The van der Waals surface area contributed by atoms with E-state index in [-0.39, 0.29) is 12.8 Å². The number of nitrogens with one attached hydrogen (secondary N) is 1. The van der Waals surface area contributed by atoms with E-state index in [0.717, 1.165) is 39.9 Å². The van der Waals surface area contributed by atoms with E-state index < -0.39 is 0 Å². The van der Waals surface area contributed by atoms with Crippen molar-refractivity contribution in [2.75, 3.05) is 13.9 Å². The lowest BCUT2D eigenvalue weighted by Gasteiger charge is -2.17. The molecule has 2 aromatic heterocycles.